The molecule has 1 fully saturated rings. The first-order valence-electron chi connectivity index (χ1n) is 8.42. The summed E-state index contributed by atoms with van der Waals surface area (Å²) in [6, 6.07) is 2.52. The number of alkyl halides is 3. The Morgan fingerprint density at radius 1 is 1.33 bits per heavy atom. The molecule has 3 rings (SSSR count). The number of aliphatic hydroxyl groups excluding tert-OH is 1. The van der Waals surface area contributed by atoms with E-state index in [4.69, 9.17) is 4.74 Å². The summed E-state index contributed by atoms with van der Waals surface area (Å²) < 4.78 is 67.8. The largest absolute Gasteiger partial charge is 0.485 e. The fourth-order valence-electron chi connectivity index (χ4n) is 3.54. The summed E-state index contributed by atoms with van der Waals surface area (Å²) in [4.78, 5) is 13.1. The molecule has 6 nitrogen and oxygen atoms in total. The van der Waals surface area contributed by atoms with Crippen LogP contribution in [0.3, 0.4) is 0 Å². The molecule has 2 atom stereocenters. The number of rotatable bonds is 3. The molecule has 0 bridgehead atoms. The number of hydrogen-bond donors (Lipinski definition) is 1. The first-order chi connectivity index (χ1) is 12.3. The van der Waals surface area contributed by atoms with Crippen LogP contribution in [-0.4, -0.2) is 54.5 Å². The van der Waals surface area contributed by atoms with Crippen LogP contribution in [0.5, 0.6) is 5.75 Å². The minimum Gasteiger partial charge on any atom is -0.485 e. The lowest BCUT2D eigenvalue weighted by atomic mass is 9.85. The second-order valence-electron chi connectivity index (χ2n) is 7.36. The summed E-state index contributed by atoms with van der Waals surface area (Å²) in [6.07, 6.45) is -5.17. The zero-order valence-electron chi connectivity index (χ0n) is 14.8. The van der Waals surface area contributed by atoms with Gasteiger partial charge in [0.25, 0.3) is 0 Å². The Morgan fingerprint density at radius 3 is 2.56 bits per heavy atom. The predicted octanol–water partition coefficient (Wildman–Crippen LogP) is 2.22. The number of benzene rings is 1. The molecule has 150 valence electrons. The van der Waals surface area contributed by atoms with E-state index in [1.54, 1.807) is 13.8 Å². The van der Waals surface area contributed by atoms with Crippen LogP contribution >= 0.6 is 0 Å². The normalized spacial score (nSPS) is 25.3. The van der Waals surface area contributed by atoms with Crippen molar-refractivity contribution in [2.24, 2.45) is 0 Å². The summed E-state index contributed by atoms with van der Waals surface area (Å²) in [6.45, 7) is 3.63. The third kappa shape index (κ3) is 3.77. The molecule has 1 saturated heterocycles. The van der Waals surface area contributed by atoms with E-state index in [2.05, 4.69) is 0 Å². The third-order valence-electron chi connectivity index (χ3n) is 4.84. The molecule has 27 heavy (non-hydrogen) atoms. The number of likely N-dealkylation sites (tertiary alicyclic amines) is 1. The van der Waals surface area contributed by atoms with Gasteiger partial charge in [-0.1, -0.05) is 0 Å². The molecule has 0 aliphatic carbocycles. The second-order valence-corrected chi connectivity index (χ2v) is 9.35. The summed E-state index contributed by atoms with van der Waals surface area (Å²) in [5.74, 6) is -1.95. The summed E-state index contributed by atoms with van der Waals surface area (Å²) in [7, 11) is -4.62. The molecule has 2 aliphatic heterocycles. The van der Waals surface area contributed by atoms with Gasteiger partial charge in [-0.15, -0.1) is 0 Å². The van der Waals surface area contributed by atoms with E-state index in [0.717, 1.165) is 12.1 Å². The number of amides is 1. The molecule has 0 saturated carbocycles. The minimum atomic E-state index is -4.88. The summed E-state index contributed by atoms with van der Waals surface area (Å²) in [5.41, 5.74) is -0.868. The lowest BCUT2D eigenvalue weighted by molar-refractivity contribution is -0.139. The second kappa shape index (κ2) is 6.37. The van der Waals surface area contributed by atoms with Crippen LogP contribution in [0.15, 0.2) is 23.1 Å². The molecule has 0 spiro atoms. The Morgan fingerprint density at radius 2 is 2.00 bits per heavy atom. The Kier molecular flexibility index (Phi) is 4.70. The molecule has 1 aromatic carbocycles. The van der Waals surface area contributed by atoms with Crippen molar-refractivity contribution in [2.75, 3.05) is 12.3 Å². The van der Waals surface area contributed by atoms with E-state index in [1.165, 1.54) is 11.0 Å². The fourth-order valence-corrected chi connectivity index (χ4v) is 4.72. The Labute approximate surface area is 154 Å². The number of carbonyl (C=O) groups is 1. The van der Waals surface area contributed by atoms with Gasteiger partial charge >= 0.3 is 6.18 Å². The van der Waals surface area contributed by atoms with Gasteiger partial charge in [0.2, 0.25) is 5.91 Å². The average molecular weight is 407 g/mol. The topological polar surface area (TPSA) is 83.9 Å². The van der Waals surface area contributed by atoms with Crippen LogP contribution in [0.1, 0.15) is 38.3 Å². The van der Waals surface area contributed by atoms with Gasteiger partial charge in [-0.25, -0.2) is 8.42 Å². The number of fused-ring (bicyclic) bond motifs is 1. The van der Waals surface area contributed by atoms with Gasteiger partial charge in [0.1, 0.15) is 17.5 Å². The van der Waals surface area contributed by atoms with Gasteiger partial charge in [0.05, 0.1) is 10.9 Å². The van der Waals surface area contributed by atoms with Crippen molar-refractivity contribution >= 4 is 15.7 Å². The van der Waals surface area contributed by atoms with E-state index in [9.17, 15) is 31.5 Å². The Hall–Kier alpha value is -1.81. The van der Waals surface area contributed by atoms with Crippen molar-refractivity contribution in [3.05, 3.63) is 23.8 Å². The van der Waals surface area contributed by atoms with Crippen LogP contribution in [0.25, 0.3) is 0 Å². The van der Waals surface area contributed by atoms with Gasteiger partial charge in [-0.3, -0.25) is 4.79 Å². The number of hydrogen-bond acceptors (Lipinski definition) is 5. The van der Waals surface area contributed by atoms with Crippen molar-refractivity contribution in [1.29, 1.82) is 0 Å². The first kappa shape index (κ1) is 19.9. The van der Waals surface area contributed by atoms with Crippen molar-refractivity contribution in [1.82, 2.24) is 4.90 Å². The van der Waals surface area contributed by atoms with Crippen molar-refractivity contribution in [3.63, 3.8) is 0 Å². The molecule has 1 amide bonds. The quantitative estimate of drug-likeness (QED) is 0.831. The third-order valence-corrected chi connectivity index (χ3v) is 6.52. The SMILES string of the molecule is CC1(C)Oc2ccc(S(=O)(=O)CC(F)(F)F)cc2C(N2CCCC2=O)C1O. The highest BCUT2D eigenvalue weighted by molar-refractivity contribution is 7.91. The molecular weight excluding hydrogens is 387 g/mol. The zero-order chi connectivity index (χ0) is 20.2. The fraction of sp³-hybridized carbons (Fsp3) is 0.588. The van der Waals surface area contributed by atoms with Crippen LogP contribution in [-0.2, 0) is 14.6 Å². The first-order valence-corrected chi connectivity index (χ1v) is 10.1. The highest BCUT2D eigenvalue weighted by atomic mass is 32.2. The molecule has 10 heteroatoms. The lowest BCUT2D eigenvalue weighted by Gasteiger charge is -2.45. The van der Waals surface area contributed by atoms with Gasteiger partial charge in [0.15, 0.2) is 15.6 Å². The van der Waals surface area contributed by atoms with Crippen molar-refractivity contribution in [3.8, 4) is 5.75 Å². The number of aliphatic hydroxyl groups is 1. The average Bonchev–Trinajstić information content (AvgIpc) is 2.91. The van der Waals surface area contributed by atoms with Gasteiger partial charge < -0.3 is 14.7 Å². The van der Waals surface area contributed by atoms with E-state index in [1.807, 2.05) is 0 Å². The van der Waals surface area contributed by atoms with E-state index in [-0.39, 0.29) is 17.2 Å². The molecule has 1 N–H and O–H groups in total. The smallest absolute Gasteiger partial charge is 0.403 e. The summed E-state index contributed by atoms with van der Waals surface area (Å²) >= 11 is 0. The number of carbonyl (C=O) groups excluding carboxylic acids is 1. The van der Waals surface area contributed by atoms with Crippen LogP contribution < -0.4 is 4.74 Å². The predicted molar refractivity (Wildman–Crippen MR) is 89.0 cm³/mol. The zero-order valence-corrected chi connectivity index (χ0v) is 15.6. The van der Waals surface area contributed by atoms with Gasteiger partial charge in [-0.2, -0.15) is 13.2 Å². The standard InChI is InChI=1S/C17H20F3NO5S/c1-16(2)15(23)14(21-7-3-4-13(21)22)11-8-10(5-6-12(11)26-16)27(24,25)9-17(18,19)20/h5-6,8,14-15,23H,3-4,7,9H2,1-2H3. The lowest BCUT2D eigenvalue weighted by Crippen LogP contribution is -2.53. The van der Waals surface area contributed by atoms with Gasteiger partial charge in [0, 0.05) is 18.5 Å². The molecule has 2 unspecified atom stereocenters. The maximum absolute atomic E-state index is 12.6. The van der Waals surface area contributed by atoms with E-state index in [0.29, 0.717) is 19.4 Å². The van der Waals surface area contributed by atoms with Crippen LogP contribution in [0, 0.1) is 0 Å². The van der Waals surface area contributed by atoms with Crippen molar-refractivity contribution in [2.45, 2.75) is 55.5 Å². The van der Waals surface area contributed by atoms with Crippen LogP contribution in [0.4, 0.5) is 13.2 Å². The van der Waals surface area contributed by atoms with Crippen LogP contribution in [0.2, 0.25) is 0 Å². The maximum atomic E-state index is 12.6. The Balaban J connectivity index is 2.10. The number of nitrogens with zero attached hydrogens (tertiary/aromatic N) is 1. The number of ether oxygens (including phenoxy) is 1. The molecular formula is C17H20F3NO5S. The number of sulfone groups is 1. The van der Waals surface area contributed by atoms with Gasteiger partial charge in [-0.05, 0) is 38.5 Å². The van der Waals surface area contributed by atoms with Crippen molar-refractivity contribution < 1.29 is 36.2 Å². The summed E-state index contributed by atoms with van der Waals surface area (Å²) in [5, 5.41) is 10.8. The Bertz CT molecular complexity index is 866. The molecule has 2 heterocycles. The monoisotopic (exact) mass is 407 g/mol. The molecule has 1 aromatic rings. The highest BCUT2D eigenvalue weighted by Crippen LogP contribution is 2.45. The molecule has 0 aromatic heterocycles. The number of halogens is 3. The minimum absolute atomic E-state index is 0.195. The maximum Gasteiger partial charge on any atom is 0.403 e. The molecule has 2 aliphatic rings. The highest BCUT2D eigenvalue weighted by Gasteiger charge is 2.48. The van der Waals surface area contributed by atoms with E-state index < -0.39 is 44.4 Å². The van der Waals surface area contributed by atoms with E-state index >= 15 is 0 Å². The molecule has 0 radical (unpaired) electrons.